The maximum atomic E-state index is 7.32. The van der Waals surface area contributed by atoms with Gasteiger partial charge in [0.05, 0.1) is 6.07 Å². The van der Waals surface area contributed by atoms with Gasteiger partial charge in [0.25, 0.3) is 0 Å². The van der Waals surface area contributed by atoms with E-state index >= 15 is 0 Å². The minimum absolute atomic E-state index is 0. The van der Waals surface area contributed by atoms with E-state index in [9.17, 15) is 0 Å². The molecule has 0 heterocycles. The van der Waals surface area contributed by atoms with Crippen LogP contribution in [-0.2, 0) is 16.8 Å². The summed E-state index contributed by atoms with van der Waals surface area (Å²) in [6.07, 6.45) is 0. The molecule has 7 nitrogen and oxygen atoms in total. The minimum Gasteiger partial charge on any atom is -1.00 e. The number of rotatable bonds is 0. The summed E-state index contributed by atoms with van der Waals surface area (Å²) in [6.45, 7) is 1.43. The van der Waals surface area contributed by atoms with Crippen LogP contribution in [0.2, 0.25) is 0 Å². The summed E-state index contributed by atoms with van der Waals surface area (Å²) in [4.78, 5) is 0. The fourth-order valence-electron chi connectivity index (χ4n) is 0. The van der Waals surface area contributed by atoms with Gasteiger partial charge < -0.3 is 57.7 Å². The maximum Gasteiger partial charge on any atom is 2.00 e. The van der Waals surface area contributed by atoms with Crippen LogP contribution in [0.3, 0.4) is 0 Å². The Balaban J connectivity index is -0.000000000556. The van der Waals surface area contributed by atoms with Crippen molar-refractivity contribution in [1.82, 2.24) is 0 Å². The van der Waals surface area contributed by atoms with E-state index < -0.39 is 0 Å². The second kappa shape index (κ2) is 678. The first-order valence-electron chi connectivity index (χ1n) is 0.724. The van der Waals surface area contributed by atoms with Crippen molar-refractivity contribution in [3.63, 3.8) is 0 Å². The predicted molar refractivity (Wildman–Crippen MR) is 33.0 cm³/mol. The second-order valence-corrected chi connectivity index (χ2v) is 0.224. The van der Waals surface area contributed by atoms with E-state index in [1.165, 1.54) is 6.92 Å². The number of halogens is 2. The van der Waals surface area contributed by atoms with E-state index in [1.54, 1.807) is 6.07 Å². The molecule has 0 bridgehead atoms. The second-order valence-electron chi connectivity index (χ2n) is 0.224. The largest absolute Gasteiger partial charge is 2.00 e. The van der Waals surface area contributed by atoms with Crippen LogP contribution >= 0.6 is 0 Å². The minimum atomic E-state index is 0. The van der Waals surface area contributed by atoms with Crippen LogP contribution in [0.15, 0.2) is 0 Å². The van der Waals surface area contributed by atoms with Gasteiger partial charge in [-0.05, 0) is 0 Å². The molecule has 0 saturated heterocycles. The monoisotopic (exact) mass is 278 g/mol. The molecule has 0 aromatic carbocycles. The Morgan fingerprint density at radius 1 is 0.750 bits per heavy atom. The topological polar surface area (TPSA) is 213 Å². The van der Waals surface area contributed by atoms with Gasteiger partial charge in [0.15, 0.2) is 0 Å². The zero-order valence-electron chi connectivity index (χ0n) is 6.04. The van der Waals surface area contributed by atoms with Gasteiger partial charge in [0.1, 0.15) is 0 Å². The third-order valence-corrected chi connectivity index (χ3v) is 0. The molecule has 12 N–H and O–H groups in total. The van der Waals surface area contributed by atoms with Crippen molar-refractivity contribution < 1.29 is 74.5 Å². The molecule has 12 heavy (non-hydrogen) atoms. The van der Waals surface area contributed by atoms with Crippen LogP contribution in [0.4, 0.5) is 0 Å². The zero-order valence-corrected chi connectivity index (χ0v) is 8.59. The van der Waals surface area contributed by atoms with E-state index in [0.717, 1.165) is 0 Å². The van der Waals surface area contributed by atoms with Crippen molar-refractivity contribution in [3.8, 4) is 6.07 Å². The van der Waals surface area contributed by atoms with Gasteiger partial charge >= 0.3 is 16.8 Å². The van der Waals surface area contributed by atoms with Gasteiger partial charge in [-0.3, -0.25) is 0 Å². The Hall–Kier alpha value is 0.336. The average molecular weight is 279 g/mol. The van der Waals surface area contributed by atoms with Crippen molar-refractivity contribution in [2.75, 3.05) is 0 Å². The number of hydrogen-bond acceptors (Lipinski definition) is 1. The first-order valence-corrected chi connectivity index (χ1v) is 0.724. The average Bonchev–Trinajstić information content (AvgIpc) is 0.918. The molecule has 0 fully saturated rings. The molecule has 0 atom stereocenters. The fourth-order valence-corrected chi connectivity index (χ4v) is 0. The van der Waals surface area contributed by atoms with Gasteiger partial charge in [0.2, 0.25) is 0 Å². The summed E-state index contributed by atoms with van der Waals surface area (Å²) in [5.41, 5.74) is 0. The van der Waals surface area contributed by atoms with Crippen molar-refractivity contribution in [2.45, 2.75) is 6.92 Å². The molecule has 0 rings (SSSR count). The molecule has 1 radical (unpaired) electrons. The zero-order chi connectivity index (χ0) is 2.71. The molecule has 0 spiro atoms. The maximum absolute atomic E-state index is 7.32. The van der Waals surface area contributed by atoms with Gasteiger partial charge in [0, 0.05) is 6.92 Å². The number of hydrogen-bond donors (Lipinski definition) is 0. The molecule has 0 unspecified atom stereocenters. The van der Waals surface area contributed by atoms with Gasteiger partial charge in [-0.25, -0.2) is 0 Å². The van der Waals surface area contributed by atoms with E-state index in [4.69, 9.17) is 5.26 Å². The molecular formula is C2H15Cl2CoNO6. The third-order valence-electron chi connectivity index (χ3n) is 0. The van der Waals surface area contributed by atoms with Gasteiger partial charge in [-0.1, -0.05) is 0 Å². The Morgan fingerprint density at radius 2 is 0.750 bits per heavy atom. The Bertz CT molecular complexity index is 45.0. The Morgan fingerprint density at radius 3 is 0.750 bits per heavy atom. The summed E-state index contributed by atoms with van der Waals surface area (Å²) in [7, 11) is 0. The quantitative estimate of drug-likeness (QED) is 0.414. The fraction of sp³-hybridized carbons (Fsp3) is 0.500. The van der Waals surface area contributed by atoms with Gasteiger partial charge in [-0.15, -0.1) is 0 Å². The molecule has 0 aromatic heterocycles. The molecular weight excluding hydrogens is 264 g/mol. The van der Waals surface area contributed by atoms with Crippen LogP contribution in [0, 0.1) is 11.3 Å². The van der Waals surface area contributed by atoms with Gasteiger partial charge in [-0.2, -0.15) is 5.26 Å². The van der Waals surface area contributed by atoms with Crippen molar-refractivity contribution in [2.24, 2.45) is 0 Å². The van der Waals surface area contributed by atoms with E-state index in [0.29, 0.717) is 0 Å². The summed E-state index contributed by atoms with van der Waals surface area (Å²) in [6, 6.07) is 1.75. The number of nitrogens with zero attached hydrogens (tertiary/aromatic N) is 1. The van der Waals surface area contributed by atoms with Crippen LogP contribution in [0.25, 0.3) is 0 Å². The SMILES string of the molecule is CC#N.O.O.O.O.O.O.[Cl-].[Cl-].[Co+2]. The molecule has 10 heteroatoms. The summed E-state index contributed by atoms with van der Waals surface area (Å²) < 4.78 is 0. The molecule has 87 valence electrons. The van der Waals surface area contributed by atoms with E-state index in [1.807, 2.05) is 0 Å². The summed E-state index contributed by atoms with van der Waals surface area (Å²) in [5, 5.41) is 7.32. The standard InChI is InChI=1S/C2H3N.2ClH.Co.6H2O/c1-2-3;;;;;;;;;/h1H3;2*1H;;6*1H2/q;;;+2;;;;;;/p-2. The molecule has 0 aromatic rings. The molecule has 0 saturated carbocycles. The normalized spacial score (nSPS) is 0.667. The molecule has 0 aliphatic rings. The number of nitriles is 1. The summed E-state index contributed by atoms with van der Waals surface area (Å²) >= 11 is 0. The smallest absolute Gasteiger partial charge is 1.00 e. The first kappa shape index (κ1) is 290. The van der Waals surface area contributed by atoms with Crippen molar-refractivity contribution in [3.05, 3.63) is 0 Å². The third kappa shape index (κ3) is 7960. The molecule has 0 aliphatic carbocycles. The van der Waals surface area contributed by atoms with E-state index in [2.05, 4.69) is 0 Å². The first-order chi connectivity index (χ1) is 1.41. The Kier molecular flexibility index (Phi) is 16400. The predicted octanol–water partition coefficient (Wildman–Crippen LogP) is -10.4. The summed E-state index contributed by atoms with van der Waals surface area (Å²) in [5.74, 6) is 0. The van der Waals surface area contributed by atoms with E-state index in [-0.39, 0.29) is 74.5 Å². The van der Waals surface area contributed by atoms with Crippen molar-refractivity contribution in [1.29, 1.82) is 5.26 Å². The Labute approximate surface area is 93.0 Å². The van der Waals surface area contributed by atoms with Crippen LogP contribution in [0.5, 0.6) is 0 Å². The van der Waals surface area contributed by atoms with Crippen molar-refractivity contribution >= 4 is 0 Å². The molecule has 0 amide bonds. The molecule has 0 aliphatic heterocycles. The van der Waals surface area contributed by atoms with Crippen LogP contribution in [-0.4, -0.2) is 32.9 Å². The van der Waals surface area contributed by atoms with Crippen LogP contribution < -0.4 is 24.8 Å². The van der Waals surface area contributed by atoms with Crippen LogP contribution in [0.1, 0.15) is 6.92 Å².